The van der Waals surface area contributed by atoms with Crippen LogP contribution in [0, 0.1) is 0 Å². The summed E-state index contributed by atoms with van der Waals surface area (Å²) in [6, 6.07) is 6.85. The maximum Gasteiger partial charge on any atom is 0.124 e. The zero-order valence-electron chi connectivity index (χ0n) is 9.95. The normalized spacial score (nSPS) is 19.0. The second-order valence-electron chi connectivity index (χ2n) is 4.09. The van der Waals surface area contributed by atoms with Crippen LogP contribution in [0.25, 0.3) is 0 Å². The van der Waals surface area contributed by atoms with Crippen LogP contribution in [-0.2, 0) is 11.2 Å². The SMILES string of the molecule is CNC1CCOc2ccc(CCOC)cc21. The summed E-state index contributed by atoms with van der Waals surface area (Å²) in [5.74, 6) is 1.02. The molecule has 0 spiro atoms. The summed E-state index contributed by atoms with van der Waals surface area (Å²) in [4.78, 5) is 0. The van der Waals surface area contributed by atoms with Gasteiger partial charge in [-0.25, -0.2) is 0 Å². The standard InChI is InChI=1S/C13H19NO2/c1-14-12-6-8-16-13-4-3-10(5-7-15-2)9-11(12)13/h3-4,9,12,14H,5-8H2,1-2H3. The van der Waals surface area contributed by atoms with Gasteiger partial charge in [-0.2, -0.15) is 0 Å². The Morgan fingerprint density at radius 3 is 3.12 bits per heavy atom. The lowest BCUT2D eigenvalue weighted by Gasteiger charge is -2.26. The molecule has 1 aliphatic heterocycles. The van der Waals surface area contributed by atoms with Crippen molar-refractivity contribution in [1.82, 2.24) is 5.32 Å². The Morgan fingerprint density at radius 2 is 2.38 bits per heavy atom. The van der Waals surface area contributed by atoms with E-state index >= 15 is 0 Å². The van der Waals surface area contributed by atoms with Gasteiger partial charge in [-0.15, -0.1) is 0 Å². The second-order valence-corrected chi connectivity index (χ2v) is 4.09. The van der Waals surface area contributed by atoms with Gasteiger partial charge >= 0.3 is 0 Å². The van der Waals surface area contributed by atoms with Crippen LogP contribution in [0.5, 0.6) is 5.75 Å². The summed E-state index contributed by atoms with van der Waals surface area (Å²) < 4.78 is 10.7. The molecule has 0 bridgehead atoms. The first kappa shape index (κ1) is 11.4. The van der Waals surface area contributed by atoms with Crippen LogP contribution in [0.3, 0.4) is 0 Å². The smallest absolute Gasteiger partial charge is 0.124 e. The maximum atomic E-state index is 5.64. The van der Waals surface area contributed by atoms with E-state index in [0.717, 1.165) is 31.8 Å². The van der Waals surface area contributed by atoms with Crippen LogP contribution >= 0.6 is 0 Å². The summed E-state index contributed by atoms with van der Waals surface area (Å²) in [5.41, 5.74) is 2.59. The average Bonchev–Trinajstić information content (AvgIpc) is 2.35. The Morgan fingerprint density at radius 1 is 1.50 bits per heavy atom. The summed E-state index contributed by atoms with van der Waals surface area (Å²) in [6.07, 6.45) is 2.00. The fourth-order valence-corrected chi connectivity index (χ4v) is 2.12. The van der Waals surface area contributed by atoms with Gasteiger partial charge in [0.2, 0.25) is 0 Å². The molecule has 88 valence electrons. The van der Waals surface area contributed by atoms with Crippen LogP contribution in [0.2, 0.25) is 0 Å². The average molecular weight is 221 g/mol. The van der Waals surface area contributed by atoms with Crippen molar-refractivity contribution >= 4 is 0 Å². The minimum atomic E-state index is 0.422. The highest BCUT2D eigenvalue weighted by molar-refractivity contribution is 5.40. The van der Waals surface area contributed by atoms with Crippen molar-refractivity contribution in [1.29, 1.82) is 0 Å². The van der Waals surface area contributed by atoms with Gasteiger partial charge < -0.3 is 14.8 Å². The third-order valence-corrected chi connectivity index (χ3v) is 3.06. The number of hydrogen-bond acceptors (Lipinski definition) is 3. The van der Waals surface area contributed by atoms with Crippen molar-refractivity contribution < 1.29 is 9.47 Å². The van der Waals surface area contributed by atoms with Crippen molar-refractivity contribution in [2.45, 2.75) is 18.9 Å². The molecular weight excluding hydrogens is 202 g/mol. The Bertz CT molecular complexity index is 352. The van der Waals surface area contributed by atoms with Gasteiger partial charge in [0.15, 0.2) is 0 Å². The Labute approximate surface area is 96.8 Å². The topological polar surface area (TPSA) is 30.5 Å². The number of hydrogen-bond donors (Lipinski definition) is 1. The zero-order chi connectivity index (χ0) is 11.4. The van der Waals surface area contributed by atoms with Gasteiger partial charge in [0, 0.05) is 25.1 Å². The maximum absolute atomic E-state index is 5.64. The molecule has 0 aliphatic carbocycles. The molecule has 0 saturated carbocycles. The summed E-state index contributed by atoms with van der Waals surface area (Å²) in [7, 11) is 3.74. The van der Waals surface area contributed by atoms with E-state index in [1.54, 1.807) is 7.11 Å². The third-order valence-electron chi connectivity index (χ3n) is 3.06. The van der Waals surface area contributed by atoms with Crippen molar-refractivity contribution in [3.05, 3.63) is 29.3 Å². The largest absolute Gasteiger partial charge is 0.493 e. The van der Waals surface area contributed by atoms with Crippen LogP contribution in [-0.4, -0.2) is 27.4 Å². The minimum absolute atomic E-state index is 0.422. The van der Waals surface area contributed by atoms with Gasteiger partial charge in [-0.1, -0.05) is 12.1 Å². The minimum Gasteiger partial charge on any atom is -0.493 e. The van der Waals surface area contributed by atoms with Crippen LogP contribution in [0.15, 0.2) is 18.2 Å². The predicted octanol–water partition coefficient (Wildman–Crippen LogP) is 1.92. The monoisotopic (exact) mass is 221 g/mol. The van der Waals surface area contributed by atoms with Gasteiger partial charge in [-0.3, -0.25) is 0 Å². The molecule has 1 unspecified atom stereocenters. The van der Waals surface area contributed by atoms with Crippen molar-refractivity contribution in [2.75, 3.05) is 27.4 Å². The van der Waals surface area contributed by atoms with E-state index in [2.05, 4.69) is 23.5 Å². The highest BCUT2D eigenvalue weighted by atomic mass is 16.5. The lowest BCUT2D eigenvalue weighted by molar-refractivity contribution is 0.202. The third kappa shape index (κ3) is 2.36. The molecule has 0 amide bonds. The van der Waals surface area contributed by atoms with Crippen molar-refractivity contribution in [2.24, 2.45) is 0 Å². The molecule has 2 rings (SSSR count). The molecule has 1 heterocycles. The molecule has 3 nitrogen and oxygen atoms in total. The first-order chi connectivity index (χ1) is 7.85. The molecule has 1 aromatic carbocycles. The van der Waals surface area contributed by atoms with E-state index < -0.39 is 0 Å². The highest BCUT2D eigenvalue weighted by Crippen LogP contribution is 2.32. The molecule has 16 heavy (non-hydrogen) atoms. The molecule has 1 N–H and O–H groups in total. The Balaban J connectivity index is 2.20. The van der Waals surface area contributed by atoms with Gasteiger partial charge in [-0.05, 0) is 25.1 Å². The number of rotatable bonds is 4. The lowest BCUT2D eigenvalue weighted by Crippen LogP contribution is -2.24. The van der Waals surface area contributed by atoms with E-state index in [-0.39, 0.29) is 0 Å². The molecule has 1 aliphatic rings. The van der Waals surface area contributed by atoms with Gasteiger partial charge in [0.1, 0.15) is 5.75 Å². The molecule has 1 aromatic rings. The van der Waals surface area contributed by atoms with E-state index in [9.17, 15) is 0 Å². The lowest BCUT2D eigenvalue weighted by atomic mass is 9.97. The predicted molar refractivity (Wildman–Crippen MR) is 63.9 cm³/mol. The van der Waals surface area contributed by atoms with Crippen LogP contribution in [0.4, 0.5) is 0 Å². The number of fused-ring (bicyclic) bond motifs is 1. The number of nitrogens with one attached hydrogen (secondary N) is 1. The zero-order valence-corrected chi connectivity index (χ0v) is 9.95. The van der Waals surface area contributed by atoms with Crippen molar-refractivity contribution in [3.8, 4) is 5.75 Å². The van der Waals surface area contributed by atoms with Crippen LogP contribution in [0.1, 0.15) is 23.6 Å². The first-order valence-electron chi connectivity index (χ1n) is 5.77. The summed E-state index contributed by atoms with van der Waals surface area (Å²) in [5, 5.41) is 3.33. The quantitative estimate of drug-likeness (QED) is 0.842. The first-order valence-corrected chi connectivity index (χ1v) is 5.77. The molecular formula is C13H19NO2. The fraction of sp³-hybridized carbons (Fsp3) is 0.538. The molecule has 0 radical (unpaired) electrons. The van der Waals surface area contributed by atoms with E-state index in [4.69, 9.17) is 9.47 Å². The van der Waals surface area contributed by atoms with Crippen molar-refractivity contribution in [3.63, 3.8) is 0 Å². The molecule has 0 saturated heterocycles. The van der Waals surface area contributed by atoms with Gasteiger partial charge in [0.05, 0.1) is 13.2 Å². The van der Waals surface area contributed by atoms with E-state index in [1.165, 1.54) is 11.1 Å². The number of ether oxygens (including phenoxy) is 2. The molecule has 0 aromatic heterocycles. The highest BCUT2D eigenvalue weighted by Gasteiger charge is 2.19. The van der Waals surface area contributed by atoms with E-state index in [1.807, 2.05) is 7.05 Å². The van der Waals surface area contributed by atoms with Gasteiger partial charge in [0.25, 0.3) is 0 Å². The second kappa shape index (κ2) is 5.32. The molecule has 1 atom stereocenters. The Hall–Kier alpha value is -1.06. The summed E-state index contributed by atoms with van der Waals surface area (Å²) >= 11 is 0. The van der Waals surface area contributed by atoms with Crippen LogP contribution < -0.4 is 10.1 Å². The number of methoxy groups -OCH3 is 1. The number of benzene rings is 1. The summed E-state index contributed by atoms with van der Waals surface area (Å²) in [6.45, 7) is 1.57. The molecule has 0 fully saturated rings. The fourth-order valence-electron chi connectivity index (χ4n) is 2.12. The Kier molecular flexibility index (Phi) is 3.80. The van der Waals surface area contributed by atoms with E-state index in [0.29, 0.717) is 6.04 Å². The molecule has 3 heteroatoms.